The third-order valence-corrected chi connectivity index (χ3v) is 4.22. The van der Waals surface area contributed by atoms with E-state index < -0.39 is 5.97 Å². The molecule has 0 aromatic heterocycles. The standard InChI is InChI=1S/C18H19N3O3/c1-20-9-10-21(2)16-11-13(5-8-15(16)20)17(22)19-14-6-3-12(4-7-14)18(23)24/h3-8,11H,9-10H2,1-2H3,(H,19,22)(H,23,24). The van der Waals surface area contributed by atoms with Gasteiger partial charge in [-0.2, -0.15) is 0 Å². The van der Waals surface area contributed by atoms with E-state index in [0.29, 0.717) is 11.3 Å². The van der Waals surface area contributed by atoms with Crippen LogP contribution >= 0.6 is 0 Å². The van der Waals surface area contributed by atoms with Crippen molar-refractivity contribution < 1.29 is 14.7 Å². The number of likely N-dealkylation sites (N-methyl/N-ethyl adjacent to an activating group) is 2. The van der Waals surface area contributed by atoms with E-state index in [1.807, 2.05) is 26.2 Å². The number of carboxylic acids is 1. The maximum Gasteiger partial charge on any atom is 0.335 e. The van der Waals surface area contributed by atoms with Gasteiger partial charge in [0.15, 0.2) is 0 Å². The molecule has 0 spiro atoms. The Morgan fingerprint density at radius 1 is 0.917 bits per heavy atom. The summed E-state index contributed by atoms with van der Waals surface area (Å²) in [6.45, 7) is 1.86. The SMILES string of the molecule is CN1CCN(C)c2cc(C(=O)Nc3ccc(C(=O)O)cc3)ccc21. The first-order valence-corrected chi connectivity index (χ1v) is 7.67. The predicted octanol–water partition coefficient (Wildman–Crippen LogP) is 2.52. The van der Waals surface area contributed by atoms with Crippen molar-refractivity contribution in [3.63, 3.8) is 0 Å². The second-order valence-electron chi connectivity index (χ2n) is 5.88. The van der Waals surface area contributed by atoms with Crippen LogP contribution in [0.1, 0.15) is 20.7 Å². The number of benzene rings is 2. The molecule has 2 N–H and O–H groups in total. The molecule has 6 nitrogen and oxygen atoms in total. The van der Waals surface area contributed by atoms with Gasteiger partial charge < -0.3 is 20.2 Å². The van der Waals surface area contributed by atoms with Gasteiger partial charge in [0.1, 0.15) is 0 Å². The number of anilines is 3. The summed E-state index contributed by atoms with van der Waals surface area (Å²) in [6.07, 6.45) is 0. The van der Waals surface area contributed by atoms with Crippen molar-refractivity contribution in [1.29, 1.82) is 0 Å². The molecule has 1 aliphatic heterocycles. The largest absolute Gasteiger partial charge is 0.478 e. The molecule has 1 amide bonds. The Balaban J connectivity index is 1.80. The van der Waals surface area contributed by atoms with Crippen molar-refractivity contribution in [2.45, 2.75) is 0 Å². The summed E-state index contributed by atoms with van der Waals surface area (Å²) in [4.78, 5) is 27.6. The molecular formula is C18H19N3O3. The zero-order valence-corrected chi connectivity index (χ0v) is 13.6. The summed E-state index contributed by atoms with van der Waals surface area (Å²) in [6, 6.07) is 11.7. The van der Waals surface area contributed by atoms with Gasteiger partial charge in [-0.3, -0.25) is 4.79 Å². The number of nitrogens with one attached hydrogen (secondary N) is 1. The van der Waals surface area contributed by atoms with E-state index >= 15 is 0 Å². The summed E-state index contributed by atoms with van der Waals surface area (Å²) < 4.78 is 0. The van der Waals surface area contributed by atoms with E-state index in [9.17, 15) is 9.59 Å². The average Bonchev–Trinajstić information content (AvgIpc) is 2.58. The molecule has 0 fully saturated rings. The van der Waals surface area contributed by atoms with E-state index in [0.717, 1.165) is 24.5 Å². The zero-order chi connectivity index (χ0) is 17.3. The van der Waals surface area contributed by atoms with E-state index in [4.69, 9.17) is 5.11 Å². The summed E-state index contributed by atoms with van der Waals surface area (Å²) in [5, 5.41) is 11.7. The second-order valence-corrected chi connectivity index (χ2v) is 5.88. The Kier molecular flexibility index (Phi) is 4.12. The first-order chi connectivity index (χ1) is 11.5. The van der Waals surface area contributed by atoms with Gasteiger partial charge >= 0.3 is 5.97 Å². The van der Waals surface area contributed by atoms with E-state index in [2.05, 4.69) is 15.1 Å². The molecule has 1 heterocycles. The van der Waals surface area contributed by atoms with Crippen LogP contribution in [-0.2, 0) is 0 Å². The lowest BCUT2D eigenvalue weighted by atomic mass is 10.1. The maximum atomic E-state index is 12.4. The monoisotopic (exact) mass is 325 g/mol. The molecule has 24 heavy (non-hydrogen) atoms. The second kappa shape index (κ2) is 6.23. The van der Waals surface area contributed by atoms with Gasteiger partial charge in [0.05, 0.1) is 16.9 Å². The van der Waals surface area contributed by atoms with Crippen LogP contribution in [0.2, 0.25) is 0 Å². The van der Waals surface area contributed by atoms with Gasteiger partial charge in [0.25, 0.3) is 5.91 Å². The summed E-state index contributed by atoms with van der Waals surface area (Å²) in [7, 11) is 4.05. The highest BCUT2D eigenvalue weighted by molar-refractivity contribution is 6.05. The van der Waals surface area contributed by atoms with Crippen molar-refractivity contribution in [2.24, 2.45) is 0 Å². The van der Waals surface area contributed by atoms with E-state index in [-0.39, 0.29) is 11.5 Å². The number of aromatic carboxylic acids is 1. The first-order valence-electron chi connectivity index (χ1n) is 7.67. The minimum atomic E-state index is -0.991. The van der Waals surface area contributed by atoms with Crippen molar-refractivity contribution in [3.8, 4) is 0 Å². The Labute approximate surface area is 140 Å². The molecule has 0 unspecified atom stereocenters. The smallest absolute Gasteiger partial charge is 0.335 e. The minimum Gasteiger partial charge on any atom is -0.478 e. The van der Waals surface area contributed by atoms with Crippen molar-refractivity contribution >= 4 is 28.9 Å². The molecule has 3 rings (SSSR count). The Morgan fingerprint density at radius 2 is 1.50 bits per heavy atom. The molecule has 2 aromatic carbocycles. The average molecular weight is 325 g/mol. The van der Waals surface area contributed by atoms with Gasteiger partial charge in [-0.1, -0.05) is 0 Å². The van der Waals surface area contributed by atoms with Crippen LogP contribution in [0.15, 0.2) is 42.5 Å². The van der Waals surface area contributed by atoms with Crippen LogP contribution in [0.5, 0.6) is 0 Å². The number of hydrogen-bond donors (Lipinski definition) is 2. The molecule has 0 atom stereocenters. The molecule has 0 radical (unpaired) electrons. The van der Waals surface area contributed by atoms with Crippen molar-refractivity contribution in [2.75, 3.05) is 42.3 Å². The van der Waals surface area contributed by atoms with E-state index in [1.54, 1.807) is 18.2 Å². The fraction of sp³-hybridized carbons (Fsp3) is 0.222. The third-order valence-electron chi connectivity index (χ3n) is 4.22. The fourth-order valence-electron chi connectivity index (χ4n) is 2.73. The predicted molar refractivity (Wildman–Crippen MR) is 94.3 cm³/mol. The van der Waals surface area contributed by atoms with Gasteiger partial charge in [-0.15, -0.1) is 0 Å². The van der Waals surface area contributed by atoms with Crippen molar-refractivity contribution in [3.05, 3.63) is 53.6 Å². The summed E-state index contributed by atoms with van der Waals surface area (Å²) in [5.74, 6) is -1.21. The van der Waals surface area contributed by atoms with Crippen LogP contribution in [-0.4, -0.2) is 44.2 Å². The number of hydrogen-bond acceptors (Lipinski definition) is 4. The third kappa shape index (κ3) is 3.03. The number of carboxylic acid groups (broad SMARTS) is 1. The molecule has 0 saturated carbocycles. The molecule has 0 aliphatic carbocycles. The number of carbonyl (C=O) groups excluding carboxylic acids is 1. The number of carbonyl (C=O) groups is 2. The highest BCUT2D eigenvalue weighted by atomic mass is 16.4. The van der Waals surface area contributed by atoms with E-state index in [1.165, 1.54) is 12.1 Å². The van der Waals surface area contributed by atoms with Crippen molar-refractivity contribution in [1.82, 2.24) is 0 Å². The fourth-order valence-corrected chi connectivity index (χ4v) is 2.73. The lowest BCUT2D eigenvalue weighted by Gasteiger charge is -2.34. The molecule has 124 valence electrons. The highest BCUT2D eigenvalue weighted by Gasteiger charge is 2.19. The summed E-state index contributed by atoms with van der Waals surface area (Å²) >= 11 is 0. The number of amides is 1. The Morgan fingerprint density at radius 3 is 2.12 bits per heavy atom. The molecular weight excluding hydrogens is 306 g/mol. The molecule has 1 aliphatic rings. The van der Waals surface area contributed by atoms with Gasteiger partial charge in [0, 0.05) is 38.4 Å². The Bertz CT molecular complexity index is 787. The van der Waals surface area contributed by atoms with Gasteiger partial charge in [-0.05, 0) is 42.5 Å². The van der Waals surface area contributed by atoms with Crippen LogP contribution < -0.4 is 15.1 Å². The number of nitrogens with zero attached hydrogens (tertiary/aromatic N) is 2. The van der Waals surface area contributed by atoms with Crippen LogP contribution in [0.4, 0.5) is 17.1 Å². The molecule has 2 aromatic rings. The van der Waals surface area contributed by atoms with Gasteiger partial charge in [-0.25, -0.2) is 4.79 Å². The normalized spacial score (nSPS) is 13.4. The zero-order valence-electron chi connectivity index (χ0n) is 13.6. The first kappa shape index (κ1) is 15.9. The molecule has 0 saturated heterocycles. The maximum absolute atomic E-state index is 12.4. The highest BCUT2D eigenvalue weighted by Crippen LogP contribution is 2.32. The van der Waals surface area contributed by atoms with Crippen LogP contribution in [0, 0.1) is 0 Å². The number of rotatable bonds is 3. The molecule has 0 bridgehead atoms. The van der Waals surface area contributed by atoms with Gasteiger partial charge in [0.2, 0.25) is 0 Å². The Hall–Kier alpha value is -3.02. The summed E-state index contributed by atoms with van der Waals surface area (Å²) in [5.41, 5.74) is 3.45. The quantitative estimate of drug-likeness (QED) is 0.907. The molecule has 6 heteroatoms. The lowest BCUT2D eigenvalue weighted by Crippen LogP contribution is -2.36. The lowest BCUT2D eigenvalue weighted by molar-refractivity contribution is 0.0696. The number of fused-ring (bicyclic) bond motifs is 1. The van der Waals surface area contributed by atoms with Crippen LogP contribution in [0.25, 0.3) is 0 Å². The minimum absolute atomic E-state index is 0.187. The van der Waals surface area contributed by atoms with Crippen LogP contribution in [0.3, 0.4) is 0 Å². The topological polar surface area (TPSA) is 72.9 Å².